The van der Waals surface area contributed by atoms with Gasteiger partial charge in [-0.15, -0.1) is 0 Å². The van der Waals surface area contributed by atoms with Gasteiger partial charge in [0.25, 0.3) is 5.56 Å². The first-order valence-corrected chi connectivity index (χ1v) is 10.1. The van der Waals surface area contributed by atoms with Crippen molar-refractivity contribution in [2.24, 2.45) is 14.1 Å². The molecule has 0 aliphatic rings. The van der Waals surface area contributed by atoms with Crippen LogP contribution in [0, 0.1) is 11.6 Å². The number of thioether (sulfide) groups is 1. The minimum Gasteiger partial charge on any atom is -0.308 e. The molecule has 9 heteroatoms. The highest BCUT2D eigenvalue weighted by atomic mass is 32.2. The average molecular weight is 428 g/mol. The quantitative estimate of drug-likeness (QED) is 0.459. The predicted molar refractivity (Wildman–Crippen MR) is 112 cm³/mol. The zero-order chi connectivity index (χ0) is 21.4. The molecule has 2 aromatic heterocycles. The van der Waals surface area contributed by atoms with E-state index in [9.17, 15) is 18.4 Å². The fourth-order valence-corrected chi connectivity index (χ4v) is 4.19. The smallest absolute Gasteiger partial charge is 0.308 e. The van der Waals surface area contributed by atoms with E-state index in [-0.39, 0.29) is 23.5 Å². The summed E-state index contributed by atoms with van der Waals surface area (Å²) in [5.74, 6) is -0.349. The summed E-state index contributed by atoms with van der Waals surface area (Å²) in [6.45, 7) is 0.0715. The number of hydrogen-bond donors (Lipinski definition) is 0. The lowest BCUT2D eigenvalue weighted by Crippen LogP contribution is -2.37. The third-order valence-electron chi connectivity index (χ3n) is 4.86. The normalized spacial score (nSPS) is 11.3. The first-order chi connectivity index (χ1) is 14.4. The van der Waals surface area contributed by atoms with Crippen LogP contribution in [0.2, 0.25) is 0 Å². The summed E-state index contributed by atoms with van der Waals surface area (Å²) in [5.41, 5.74) is 0.566. The van der Waals surface area contributed by atoms with Gasteiger partial charge in [0.15, 0.2) is 16.3 Å². The number of benzene rings is 2. The molecule has 0 atom stereocenters. The highest BCUT2D eigenvalue weighted by molar-refractivity contribution is 7.98. The number of aromatic nitrogens is 4. The van der Waals surface area contributed by atoms with Gasteiger partial charge in [0.05, 0.1) is 6.54 Å². The van der Waals surface area contributed by atoms with Crippen molar-refractivity contribution in [3.8, 4) is 0 Å². The van der Waals surface area contributed by atoms with E-state index in [1.165, 1.54) is 48.6 Å². The molecule has 0 bridgehead atoms. The van der Waals surface area contributed by atoms with Gasteiger partial charge in [-0.25, -0.2) is 18.6 Å². The topological polar surface area (TPSA) is 61.8 Å². The number of halogens is 2. The van der Waals surface area contributed by atoms with E-state index < -0.39 is 17.1 Å². The molecule has 6 nitrogen and oxygen atoms in total. The van der Waals surface area contributed by atoms with Gasteiger partial charge >= 0.3 is 5.69 Å². The second-order valence-corrected chi connectivity index (χ2v) is 7.81. The summed E-state index contributed by atoms with van der Waals surface area (Å²) in [4.78, 5) is 29.7. The minimum atomic E-state index is -0.505. The molecule has 0 spiro atoms. The van der Waals surface area contributed by atoms with Gasteiger partial charge in [-0.05, 0) is 23.8 Å². The van der Waals surface area contributed by atoms with E-state index in [0.717, 1.165) is 10.1 Å². The maximum absolute atomic E-state index is 14.3. The van der Waals surface area contributed by atoms with Crippen LogP contribution >= 0.6 is 11.8 Å². The molecule has 30 heavy (non-hydrogen) atoms. The van der Waals surface area contributed by atoms with Crippen molar-refractivity contribution in [2.75, 3.05) is 0 Å². The maximum atomic E-state index is 14.3. The highest BCUT2D eigenvalue weighted by Crippen LogP contribution is 2.26. The Balaban J connectivity index is 1.86. The van der Waals surface area contributed by atoms with Crippen LogP contribution in [-0.2, 0) is 26.4 Å². The molecule has 154 valence electrons. The molecular weight excluding hydrogens is 410 g/mol. The number of nitrogens with zero attached hydrogens (tertiary/aromatic N) is 4. The van der Waals surface area contributed by atoms with Crippen molar-refractivity contribution in [2.45, 2.75) is 17.5 Å². The molecule has 4 rings (SSSR count). The largest absolute Gasteiger partial charge is 0.332 e. The van der Waals surface area contributed by atoms with Crippen molar-refractivity contribution in [3.63, 3.8) is 0 Å². The first-order valence-electron chi connectivity index (χ1n) is 9.13. The zero-order valence-electron chi connectivity index (χ0n) is 16.3. The molecular formula is C21H18F2N4O2S. The monoisotopic (exact) mass is 428 g/mol. The van der Waals surface area contributed by atoms with Gasteiger partial charge in [-0.1, -0.05) is 42.1 Å². The second-order valence-electron chi connectivity index (χ2n) is 6.87. The number of imidazole rings is 1. The number of hydrogen-bond acceptors (Lipinski definition) is 4. The molecule has 0 radical (unpaired) electrons. The third-order valence-corrected chi connectivity index (χ3v) is 5.90. The van der Waals surface area contributed by atoms with Crippen molar-refractivity contribution < 1.29 is 8.78 Å². The van der Waals surface area contributed by atoms with E-state index >= 15 is 0 Å². The molecule has 0 N–H and O–H groups in total. The van der Waals surface area contributed by atoms with Crippen LogP contribution in [0.1, 0.15) is 11.1 Å². The summed E-state index contributed by atoms with van der Waals surface area (Å²) in [7, 11) is 2.93. The highest BCUT2D eigenvalue weighted by Gasteiger charge is 2.20. The van der Waals surface area contributed by atoms with Gasteiger partial charge < -0.3 is 4.57 Å². The Labute approximate surface area is 174 Å². The molecule has 0 unspecified atom stereocenters. The molecule has 0 fully saturated rings. The molecule has 0 aliphatic carbocycles. The zero-order valence-corrected chi connectivity index (χ0v) is 17.1. The summed E-state index contributed by atoms with van der Waals surface area (Å²) in [6.07, 6.45) is 0. The Hall–Kier alpha value is -3.20. The van der Waals surface area contributed by atoms with Gasteiger partial charge in [-0.3, -0.25) is 13.9 Å². The average Bonchev–Trinajstić information content (AvgIpc) is 3.09. The fraction of sp³-hybridized carbons (Fsp3) is 0.190. The summed E-state index contributed by atoms with van der Waals surface area (Å²) < 4.78 is 31.7. The van der Waals surface area contributed by atoms with Gasteiger partial charge in [-0.2, -0.15) is 0 Å². The second kappa shape index (κ2) is 7.91. The molecule has 4 aromatic rings. The number of rotatable bonds is 5. The Morgan fingerprint density at radius 2 is 1.77 bits per heavy atom. The first kappa shape index (κ1) is 20.1. The molecule has 0 amide bonds. The maximum Gasteiger partial charge on any atom is 0.332 e. The lowest BCUT2D eigenvalue weighted by molar-refractivity contribution is 0.593. The van der Waals surface area contributed by atoms with E-state index in [1.54, 1.807) is 34.9 Å². The van der Waals surface area contributed by atoms with E-state index in [2.05, 4.69) is 4.98 Å². The van der Waals surface area contributed by atoms with Crippen molar-refractivity contribution in [1.82, 2.24) is 18.7 Å². The third kappa shape index (κ3) is 3.56. The van der Waals surface area contributed by atoms with Crippen LogP contribution < -0.4 is 11.2 Å². The lowest BCUT2D eigenvalue weighted by Gasteiger charge is -2.10. The van der Waals surface area contributed by atoms with E-state index in [0.29, 0.717) is 16.5 Å². The fourth-order valence-electron chi connectivity index (χ4n) is 3.25. The number of aryl methyl sites for hydroxylation is 1. The van der Waals surface area contributed by atoms with Crippen molar-refractivity contribution in [3.05, 3.63) is 92.1 Å². The van der Waals surface area contributed by atoms with Crippen LogP contribution in [0.15, 0.2) is 63.3 Å². The van der Waals surface area contributed by atoms with Crippen molar-refractivity contribution in [1.29, 1.82) is 0 Å². The van der Waals surface area contributed by atoms with Gasteiger partial charge in [0.1, 0.15) is 11.6 Å². The van der Waals surface area contributed by atoms with Crippen LogP contribution in [0.3, 0.4) is 0 Å². The number of fused-ring (bicyclic) bond motifs is 1. The van der Waals surface area contributed by atoms with E-state index in [1.807, 2.05) is 0 Å². The molecule has 0 saturated heterocycles. The standard InChI is InChI=1S/C21H18F2N4O2S/c1-25-18-17(19(28)26(2)21(25)29)27(11-14-7-3-4-9-16(14)23)20(24-18)30-12-13-6-5-8-15(22)10-13/h3-10H,11-12H2,1-2H3. The molecule has 0 aliphatic heterocycles. The summed E-state index contributed by atoms with van der Waals surface area (Å²) in [5, 5.41) is 0.441. The Morgan fingerprint density at radius 3 is 2.50 bits per heavy atom. The van der Waals surface area contributed by atoms with Gasteiger partial charge in [0, 0.05) is 25.4 Å². The Kier molecular flexibility index (Phi) is 5.29. The molecule has 2 aromatic carbocycles. The SMILES string of the molecule is Cn1c(=O)c2c(nc(SCc3cccc(F)c3)n2Cc2ccccc2F)n(C)c1=O. The lowest BCUT2D eigenvalue weighted by atomic mass is 10.2. The minimum absolute atomic E-state index is 0.0715. The van der Waals surface area contributed by atoms with E-state index in [4.69, 9.17) is 0 Å². The summed E-state index contributed by atoms with van der Waals surface area (Å²) in [6, 6.07) is 12.5. The van der Waals surface area contributed by atoms with Crippen LogP contribution in [0.4, 0.5) is 8.78 Å². The van der Waals surface area contributed by atoms with Crippen molar-refractivity contribution >= 4 is 22.9 Å². The Morgan fingerprint density at radius 1 is 1.00 bits per heavy atom. The van der Waals surface area contributed by atoms with Crippen LogP contribution in [0.25, 0.3) is 11.2 Å². The molecule has 2 heterocycles. The molecule has 0 saturated carbocycles. The van der Waals surface area contributed by atoms with Gasteiger partial charge in [0.2, 0.25) is 0 Å². The van der Waals surface area contributed by atoms with Crippen LogP contribution in [-0.4, -0.2) is 18.7 Å². The predicted octanol–water partition coefficient (Wildman–Crippen LogP) is 3.05. The van der Waals surface area contributed by atoms with Crippen LogP contribution in [0.5, 0.6) is 0 Å². The Bertz CT molecular complexity index is 1370. The summed E-state index contributed by atoms with van der Waals surface area (Å²) >= 11 is 1.29.